The average Bonchev–Trinajstić information content (AvgIpc) is 2.46. The molecule has 1 N–H and O–H groups in total. The summed E-state index contributed by atoms with van der Waals surface area (Å²) in [6.07, 6.45) is 3.26. The van der Waals surface area contributed by atoms with Gasteiger partial charge in [-0.1, -0.05) is 12.1 Å². The van der Waals surface area contributed by atoms with E-state index < -0.39 is 5.97 Å². The first-order chi connectivity index (χ1) is 9.11. The van der Waals surface area contributed by atoms with Gasteiger partial charge in [0.15, 0.2) is 0 Å². The lowest BCUT2D eigenvalue weighted by atomic mass is 9.78. The first-order valence-corrected chi connectivity index (χ1v) is 6.53. The quantitative estimate of drug-likeness (QED) is 0.851. The van der Waals surface area contributed by atoms with Crippen molar-refractivity contribution in [1.82, 2.24) is 0 Å². The number of carboxylic acid groups (broad SMARTS) is 1. The molecule has 1 saturated carbocycles. The van der Waals surface area contributed by atoms with E-state index in [2.05, 4.69) is 4.74 Å². The van der Waals surface area contributed by atoms with Crippen LogP contribution < -0.4 is 0 Å². The standard InChI is InChI=1S/C15H18O4/c1-19-15(18)13-8-4-11(5-9-13)10-2-6-12(7-3-10)14(16)17/h4-5,8-10,12H,2-3,6-7H2,1H3,(H,16,17). The molecule has 0 aliphatic heterocycles. The van der Waals surface area contributed by atoms with Crippen molar-refractivity contribution in [3.63, 3.8) is 0 Å². The third-order valence-electron chi connectivity index (χ3n) is 3.88. The molecule has 0 atom stereocenters. The molecule has 2 rings (SSSR count). The second kappa shape index (κ2) is 5.87. The molecule has 0 radical (unpaired) electrons. The first kappa shape index (κ1) is 13.6. The van der Waals surface area contributed by atoms with Gasteiger partial charge >= 0.3 is 11.9 Å². The Morgan fingerprint density at radius 2 is 1.68 bits per heavy atom. The zero-order chi connectivity index (χ0) is 13.8. The summed E-state index contributed by atoms with van der Waals surface area (Å²) in [5.74, 6) is -0.798. The van der Waals surface area contributed by atoms with Crippen LogP contribution in [0.1, 0.15) is 47.5 Å². The van der Waals surface area contributed by atoms with Gasteiger partial charge in [-0.15, -0.1) is 0 Å². The normalized spacial score (nSPS) is 22.8. The molecular weight excluding hydrogens is 244 g/mol. The highest BCUT2D eigenvalue weighted by Crippen LogP contribution is 2.35. The summed E-state index contributed by atoms with van der Waals surface area (Å²) in [4.78, 5) is 22.2. The maximum atomic E-state index is 11.3. The molecule has 102 valence electrons. The lowest BCUT2D eigenvalue weighted by Crippen LogP contribution is -2.20. The topological polar surface area (TPSA) is 63.6 Å². The van der Waals surface area contributed by atoms with Crippen molar-refractivity contribution in [3.8, 4) is 0 Å². The number of hydrogen-bond donors (Lipinski definition) is 1. The van der Waals surface area contributed by atoms with Gasteiger partial charge in [0.25, 0.3) is 0 Å². The second-order valence-corrected chi connectivity index (χ2v) is 5.00. The van der Waals surface area contributed by atoms with Crippen molar-refractivity contribution in [3.05, 3.63) is 35.4 Å². The molecule has 0 heterocycles. The van der Waals surface area contributed by atoms with Crippen molar-refractivity contribution in [2.75, 3.05) is 7.11 Å². The SMILES string of the molecule is COC(=O)c1ccc(C2CCC(C(=O)O)CC2)cc1. The summed E-state index contributed by atoms with van der Waals surface area (Å²) in [5.41, 5.74) is 1.72. The van der Waals surface area contributed by atoms with Gasteiger partial charge in [0.2, 0.25) is 0 Å². The highest BCUT2D eigenvalue weighted by atomic mass is 16.5. The van der Waals surface area contributed by atoms with Crippen LogP contribution in [0.3, 0.4) is 0 Å². The molecule has 1 aromatic carbocycles. The molecule has 19 heavy (non-hydrogen) atoms. The lowest BCUT2D eigenvalue weighted by Gasteiger charge is -2.26. The van der Waals surface area contributed by atoms with Gasteiger partial charge in [0.1, 0.15) is 0 Å². The minimum absolute atomic E-state index is 0.189. The van der Waals surface area contributed by atoms with Crippen LogP contribution in [0.25, 0.3) is 0 Å². The van der Waals surface area contributed by atoms with Gasteiger partial charge in [-0.2, -0.15) is 0 Å². The van der Waals surface area contributed by atoms with Crippen molar-refractivity contribution in [2.45, 2.75) is 31.6 Å². The van der Waals surface area contributed by atoms with Gasteiger partial charge in [-0.3, -0.25) is 4.79 Å². The van der Waals surface area contributed by atoms with Crippen LogP contribution in [0.15, 0.2) is 24.3 Å². The molecule has 1 fully saturated rings. The van der Waals surface area contributed by atoms with E-state index in [1.807, 2.05) is 12.1 Å². The Morgan fingerprint density at radius 1 is 1.11 bits per heavy atom. The minimum atomic E-state index is -0.681. The number of hydrogen-bond acceptors (Lipinski definition) is 3. The van der Waals surface area contributed by atoms with Gasteiger partial charge in [0.05, 0.1) is 18.6 Å². The molecule has 0 aromatic heterocycles. The zero-order valence-electron chi connectivity index (χ0n) is 11.0. The van der Waals surface area contributed by atoms with Crippen LogP contribution >= 0.6 is 0 Å². The summed E-state index contributed by atoms with van der Waals surface area (Å²) in [6, 6.07) is 7.42. The van der Waals surface area contributed by atoms with Crippen LogP contribution in [0, 0.1) is 5.92 Å². The van der Waals surface area contributed by atoms with E-state index in [4.69, 9.17) is 5.11 Å². The fourth-order valence-electron chi connectivity index (χ4n) is 2.68. The van der Waals surface area contributed by atoms with Crippen molar-refractivity contribution < 1.29 is 19.4 Å². The highest BCUT2D eigenvalue weighted by Gasteiger charge is 2.26. The van der Waals surface area contributed by atoms with Crippen LogP contribution in [0.4, 0.5) is 0 Å². The van der Waals surface area contributed by atoms with E-state index in [0.29, 0.717) is 11.5 Å². The third kappa shape index (κ3) is 3.13. The zero-order valence-corrected chi connectivity index (χ0v) is 11.0. The maximum absolute atomic E-state index is 11.3. The lowest BCUT2D eigenvalue weighted by molar-refractivity contribution is -0.142. The molecule has 0 amide bonds. The predicted octanol–water partition coefficient (Wildman–Crippen LogP) is 2.83. The van der Waals surface area contributed by atoms with Crippen LogP contribution in [0.5, 0.6) is 0 Å². The number of ether oxygens (including phenoxy) is 1. The van der Waals surface area contributed by atoms with Gasteiger partial charge in [-0.25, -0.2) is 4.79 Å². The summed E-state index contributed by atoms with van der Waals surface area (Å²) in [5, 5.41) is 8.97. The molecule has 0 saturated heterocycles. The monoisotopic (exact) mass is 262 g/mol. The van der Waals surface area contributed by atoms with E-state index in [-0.39, 0.29) is 11.9 Å². The molecule has 0 unspecified atom stereocenters. The van der Waals surface area contributed by atoms with E-state index in [1.54, 1.807) is 12.1 Å². The van der Waals surface area contributed by atoms with Gasteiger partial charge < -0.3 is 9.84 Å². The fourth-order valence-corrected chi connectivity index (χ4v) is 2.68. The average molecular weight is 262 g/mol. The summed E-state index contributed by atoms with van der Waals surface area (Å²) < 4.78 is 4.66. The van der Waals surface area contributed by atoms with E-state index in [1.165, 1.54) is 12.7 Å². The molecule has 0 bridgehead atoms. The number of methoxy groups -OCH3 is 1. The summed E-state index contributed by atoms with van der Waals surface area (Å²) in [7, 11) is 1.36. The van der Waals surface area contributed by atoms with E-state index in [9.17, 15) is 9.59 Å². The molecular formula is C15H18O4. The predicted molar refractivity (Wildman–Crippen MR) is 70.1 cm³/mol. The molecule has 4 heteroatoms. The van der Waals surface area contributed by atoms with Crippen LogP contribution in [0.2, 0.25) is 0 Å². The number of benzene rings is 1. The smallest absolute Gasteiger partial charge is 0.337 e. The Morgan fingerprint density at radius 3 is 2.16 bits per heavy atom. The fraction of sp³-hybridized carbons (Fsp3) is 0.467. The molecule has 1 aromatic rings. The Balaban J connectivity index is 2.00. The summed E-state index contributed by atoms with van der Waals surface area (Å²) in [6.45, 7) is 0. The maximum Gasteiger partial charge on any atom is 0.337 e. The Hall–Kier alpha value is -1.84. The number of rotatable bonds is 3. The van der Waals surface area contributed by atoms with Crippen LogP contribution in [-0.4, -0.2) is 24.2 Å². The molecule has 4 nitrogen and oxygen atoms in total. The third-order valence-corrected chi connectivity index (χ3v) is 3.88. The van der Waals surface area contributed by atoms with Crippen molar-refractivity contribution >= 4 is 11.9 Å². The first-order valence-electron chi connectivity index (χ1n) is 6.53. The number of aliphatic carboxylic acids is 1. The second-order valence-electron chi connectivity index (χ2n) is 5.00. The van der Waals surface area contributed by atoms with Crippen LogP contribution in [-0.2, 0) is 9.53 Å². The van der Waals surface area contributed by atoms with Crippen molar-refractivity contribution in [2.24, 2.45) is 5.92 Å². The molecule has 1 aliphatic carbocycles. The Kier molecular flexibility index (Phi) is 4.20. The molecule has 0 spiro atoms. The highest BCUT2D eigenvalue weighted by molar-refractivity contribution is 5.89. The van der Waals surface area contributed by atoms with Crippen molar-refractivity contribution in [1.29, 1.82) is 0 Å². The van der Waals surface area contributed by atoms with Gasteiger partial charge in [0, 0.05) is 0 Å². The number of carbonyl (C=O) groups excluding carboxylic acids is 1. The number of esters is 1. The molecule has 1 aliphatic rings. The largest absolute Gasteiger partial charge is 0.481 e. The summed E-state index contributed by atoms with van der Waals surface area (Å²) >= 11 is 0. The Labute approximate surface area is 112 Å². The minimum Gasteiger partial charge on any atom is -0.481 e. The number of carboxylic acids is 1. The van der Waals surface area contributed by atoms with Gasteiger partial charge in [-0.05, 0) is 49.3 Å². The van der Waals surface area contributed by atoms with E-state index in [0.717, 1.165) is 25.7 Å². The van der Waals surface area contributed by atoms with E-state index >= 15 is 0 Å². The number of carbonyl (C=O) groups is 2. The Bertz CT molecular complexity index is 456.